The number of oxazole rings is 1. The summed E-state index contributed by atoms with van der Waals surface area (Å²) in [5.74, 6) is -1.23. The van der Waals surface area contributed by atoms with Crippen molar-refractivity contribution in [3.63, 3.8) is 0 Å². The number of fused-ring (bicyclic) bond motifs is 2. The predicted octanol–water partition coefficient (Wildman–Crippen LogP) is 3.78. The van der Waals surface area contributed by atoms with E-state index in [9.17, 15) is 14.4 Å². The molecule has 1 aliphatic rings. The monoisotopic (exact) mass is 468 g/mol. The van der Waals surface area contributed by atoms with Gasteiger partial charge in [0.1, 0.15) is 6.73 Å². The average Bonchev–Trinajstić information content (AvgIpc) is 3.23. The van der Waals surface area contributed by atoms with Crippen LogP contribution in [0, 0.1) is 0 Å². The number of aromatic nitrogens is 1. The van der Waals surface area contributed by atoms with E-state index in [2.05, 4.69) is 19.6 Å². The Kier molecular flexibility index (Phi) is 6.27. The molecular weight excluding hydrogens is 440 g/mol. The smallest absolute Gasteiger partial charge is 0.421 e. The summed E-state index contributed by atoms with van der Waals surface area (Å²) >= 11 is 0. The van der Waals surface area contributed by atoms with Crippen LogP contribution in [0.5, 0.6) is 0 Å². The lowest BCUT2D eigenvalue weighted by atomic mass is 10.0. The summed E-state index contributed by atoms with van der Waals surface area (Å²) in [7, 11) is 0.0879. The van der Waals surface area contributed by atoms with Crippen LogP contribution in [0.2, 0.25) is 25.7 Å². The molecule has 1 aliphatic heterocycles. The number of methoxy groups -OCH3 is 1. The first kappa shape index (κ1) is 23.0. The summed E-state index contributed by atoms with van der Waals surface area (Å²) in [5.41, 5.74) is 2.88. The highest BCUT2D eigenvalue weighted by Gasteiger charge is 2.41. The lowest BCUT2D eigenvalue weighted by Crippen LogP contribution is -2.32. The third kappa shape index (κ3) is 4.65. The summed E-state index contributed by atoms with van der Waals surface area (Å²) in [6, 6.07) is 12.5. The van der Waals surface area contributed by atoms with Gasteiger partial charge in [0.05, 0.1) is 12.6 Å². The van der Waals surface area contributed by atoms with Crippen LogP contribution in [0.1, 0.15) is 27.5 Å². The van der Waals surface area contributed by atoms with Gasteiger partial charge in [0, 0.05) is 26.8 Å². The standard InChI is InChI=1S/C24H28N2O6Si/c1-30-23(28)21-17-7-5-6-8-18(17)22(27)25(21)14-16-9-10-19-20(13-16)32-24(29)26(19)15-31-11-12-33(2,3)4/h5-10,13,21H,11-12,14-15H2,1-4H3. The molecule has 0 saturated carbocycles. The Morgan fingerprint density at radius 1 is 1.12 bits per heavy atom. The molecule has 1 aromatic heterocycles. The van der Waals surface area contributed by atoms with Crippen LogP contribution in [-0.2, 0) is 27.5 Å². The molecule has 8 nitrogen and oxygen atoms in total. The number of esters is 1. The van der Waals surface area contributed by atoms with Gasteiger partial charge in [0.25, 0.3) is 5.91 Å². The van der Waals surface area contributed by atoms with Gasteiger partial charge in [-0.15, -0.1) is 0 Å². The van der Waals surface area contributed by atoms with Gasteiger partial charge < -0.3 is 18.8 Å². The minimum absolute atomic E-state index is 0.125. The SMILES string of the molecule is COC(=O)C1c2ccccc2C(=O)N1Cc1ccc2c(c1)oc(=O)n2COCC[Si](C)(C)C. The molecule has 0 spiro atoms. The highest BCUT2D eigenvalue weighted by atomic mass is 28.3. The Hall–Kier alpha value is -3.17. The number of amides is 1. The highest BCUT2D eigenvalue weighted by Crippen LogP contribution is 2.35. The second-order valence-electron chi connectivity index (χ2n) is 9.39. The predicted molar refractivity (Wildman–Crippen MR) is 126 cm³/mol. The van der Waals surface area contributed by atoms with Crippen molar-refractivity contribution in [2.24, 2.45) is 0 Å². The molecule has 0 aliphatic carbocycles. The van der Waals surface area contributed by atoms with Crippen LogP contribution in [0.25, 0.3) is 11.1 Å². The number of nitrogens with zero attached hydrogens (tertiary/aromatic N) is 2. The van der Waals surface area contributed by atoms with Crippen molar-refractivity contribution in [3.05, 3.63) is 69.7 Å². The van der Waals surface area contributed by atoms with Crippen molar-refractivity contribution < 1.29 is 23.5 Å². The fourth-order valence-electron chi connectivity index (χ4n) is 3.96. The molecule has 0 saturated heterocycles. The van der Waals surface area contributed by atoms with Crippen molar-refractivity contribution >= 4 is 31.1 Å². The zero-order chi connectivity index (χ0) is 23.8. The first-order valence-electron chi connectivity index (χ1n) is 10.9. The Morgan fingerprint density at radius 3 is 2.61 bits per heavy atom. The quantitative estimate of drug-likeness (QED) is 0.284. The van der Waals surface area contributed by atoms with E-state index in [0.717, 1.165) is 11.6 Å². The van der Waals surface area contributed by atoms with Crippen LogP contribution < -0.4 is 5.76 Å². The van der Waals surface area contributed by atoms with E-state index in [1.807, 2.05) is 6.07 Å². The van der Waals surface area contributed by atoms with Crippen LogP contribution in [0.4, 0.5) is 0 Å². The minimum Gasteiger partial charge on any atom is -0.467 e. The van der Waals surface area contributed by atoms with E-state index in [-0.39, 0.29) is 19.2 Å². The van der Waals surface area contributed by atoms with Gasteiger partial charge in [-0.05, 0) is 35.4 Å². The van der Waals surface area contributed by atoms with Gasteiger partial charge in [-0.2, -0.15) is 0 Å². The second-order valence-corrected chi connectivity index (χ2v) is 15.0. The van der Waals surface area contributed by atoms with E-state index in [1.165, 1.54) is 16.6 Å². The van der Waals surface area contributed by atoms with E-state index >= 15 is 0 Å². The largest absolute Gasteiger partial charge is 0.467 e. The maximum Gasteiger partial charge on any atom is 0.421 e. The number of ether oxygens (including phenoxy) is 2. The topological polar surface area (TPSA) is 91.0 Å². The normalized spacial score (nSPS) is 15.8. The van der Waals surface area contributed by atoms with Gasteiger partial charge in [-0.25, -0.2) is 14.2 Å². The Balaban J connectivity index is 1.55. The Labute approximate surface area is 192 Å². The maximum absolute atomic E-state index is 13.0. The van der Waals surface area contributed by atoms with Crippen LogP contribution in [-0.4, -0.2) is 43.1 Å². The molecule has 0 N–H and O–H groups in total. The zero-order valence-corrected chi connectivity index (χ0v) is 20.3. The molecule has 4 rings (SSSR count). The van der Waals surface area contributed by atoms with Gasteiger partial charge in [0.15, 0.2) is 11.6 Å². The molecule has 33 heavy (non-hydrogen) atoms. The molecule has 2 aromatic carbocycles. The number of hydrogen-bond donors (Lipinski definition) is 0. The first-order chi connectivity index (χ1) is 15.7. The third-order valence-electron chi connectivity index (χ3n) is 5.79. The van der Waals surface area contributed by atoms with Crippen molar-refractivity contribution in [3.8, 4) is 0 Å². The summed E-state index contributed by atoms with van der Waals surface area (Å²) in [5, 5.41) is 0. The number of carbonyl (C=O) groups is 2. The van der Waals surface area contributed by atoms with Crippen molar-refractivity contribution in [2.75, 3.05) is 13.7 Å². The van der Waals surface area contributed by atoms with Gasteiger partial charge in [0.2, 0.25) is 0 Å². The van der Waals surface area contributed by atoms with E-state index < -0.39 is 25.8 Å². The third-order valence-corrected chi connectivity index (χ3v) is 7.49. The number of benzene rings is 2. The summed E-state index contributed by atoms with van der Waals surface area (Å²) < 4.78 is 17.6. The molecule has 174 valence electrons. The average molecular weight is 469 g/mol. The summed E-state index contributed by atoms with van der Waals surface area (Å²) in [4.78, 5) is 39.3. The minimum atomic E-state index is -1.22. The first-order valence-corrected chi connectivity index (χ1v) is 14.6. The molecule has 1 amide bonds. The Bertz CT molecular complexity index is 1260. The second kappa shape index (κ2) is 8.99. The highest BCUT2D eigenvalue weighted by molar-refractivity contribution is 6.76. The van der Waals surface area contributed by atoms with Crippen molar-refractivity contribution in [1.82, 2.24) is 9.47 Å². The Morgan fingerprint density at radius 2 is 1.88 bits per heavy atom. The lowest BCUT2D eigenvalue weighted by Gasteiger charge is -2.23. The van der Waals surface area contributed by atoms with E-state index in [1.54, 1.807) is 36.4 Å². The fraction of sp³-hybridized carbons (Fsp3) is 0.375. The molecule has 0 radical (unpaired) electrons. The summed E-state index contributed by atoms with van der Waals surface area (Å²) in [6.45, 7) is 7.70. The van der Waals surface area contributed by atoms with Crippen LogP contribution >= 0.6 is 0 Å². The van der Waals surface area contributed by atoms with Crippen molar-refractivity contribution in [1.29, 1.82) is 0 Å². The molecule has 0 bridgehead atoms. The van der Waals surface area contributed by atoms with Gasteiger partial charge >= 0.3 is 11.7 Å². The number of carbonyl (C=O) groups excluding carboxylic acids is 2. The van der Waals surface area contributed by atoms with Gasteiger partial charge in [-0.3, -0.25) is 4.79 Å². The zero-order valence-electron chi connectivity index (χ0n) is 19.3. The van der Waals surface area contributed by atoms with E-state index in [4.69, 9.17) is 13.9 Å². The van der Waals surface area contributed by atoms with Gasteiger partial charge in [-0.1, -0.05) is 43.9 Å². The molecule has 9 heteroatoms. The maximum atomic E-state index is 13.0. The lowest BCUT2D eigenvalue weighted by molar-refractivity contribution is -0.146. The van der Waals surface area contributed by atoms with Crippen molar-refractivity contribution in [2.45, 2.75) is 45.0 Å². The molecule has 2 heterocycles. The molecular formula is C24H28N2O6Si. The fourth-order valence-corrected chi connectivity index (χ4v) is 4.72. The van der Waals surface area contributed by atoms with E-state index in [0.29, 0.717) is 28.8 Å². The molecule has 0 fully saturated rings. The number of hydrogen-bond acceptors (Lipinski definition) is 6. The van der Waals surface area contributed by atoms with Crippen LogP contribution in [0.15, 0.2) is 51.7 Å². The molecule has 1 unspecified atom stereocenters. The number of rotatable bonds is 8. The molecule has 1 atom stereocenters. The molecule has 3 aromatic rings. The summed E-state index contributed by atoms with van der Waals surface area (Å²) in [6.07, 6.45) is 0. The van der Waals surface area contributed by atoms with Crippen LogP contribution in [0.3, 0.4) is 0 Å².